The molecule has 1 aromatic rings. The van der Waals surface area contributed by atoms with E-state index in [9.17, 15) is 4.79 Å². The van der Waals surface area contributed by atoms with Crippen molar-refractivity contribution in [3.8, 4) is 0 Å². The fourth-order valence-corrected chi connectivity index (χ4v) is 1.87. The van der Waals surface area contributed by atoms with E-state index in [0.717, 1.165) is 5.56 Å². The quantitative estimate of drug-likeness (QED) is 0.709. The lowest BCUT2D eigenvalue weighted by Crippen LogP contribution is -2.32. The molecular weight excluding hydrogens is 240 g/mol. The maximum Gasteiger partial charge on any atom is 0.335 e. The third-order valence-electron chi connectivity index (χ3n) is 3.13. The van der Waals surface area contributed by atoms with Crippen molar-refractivity contribution in [2.45, 2.75) is 45.6 Å². The van der Waals surface area contributed by atoms with Crippen molar-refractivity contribution in [2.24, 2.45) is 0 Å². The standard InChI is InChI=1S/C16H24O3/c1-5-14(18-6-2)15(17)19-12-16(3,4)13-10-8-7-9-11-13/h7-11,14H,5-6,12H2,1-4H3. The van der Waals surface area contributed by atoms with Gasteiger partial charge in [0.2, 0.25) is 0 Å². The molecule has 0 heterocycles. The minimum atomic E-state index is -0.448. The summed E-state index contributed by atoms with van der Waals surface area (Å²) in [4.78, 5) is 11.9. The zero-order valence-electron chi connectivity index (χ0n) is 12.3. The highest BCUT2D eigenvalue weighted by Gasteiger charge is 2.25. The number of hydrogen-bond acceptors (Lipinski definition) is 3. The highest BCUT2D eigenvalue weighted by Crippen LogP contribution is 2.23. The number of rotatable bonds is 7. The lowest BCUT2D eigenvalue weighted by molar-refractivity contribution is -0.158. The molecule has 106 valence electrons. The Bertz CT molecular complexity index is 384. The summed E-state index contributed by atoms with van der Waals surface area (Å²) in [6, 6.07) is 10.1. The molecule has 0 spiro atoms. The molecule has 0 aliphatic carbocycles. The Labute approximate surface area is 115 Å². The average Bonchev–Trinajstić information content (AvgIpc) is 2.43. The highest BCUT2D eigenvalue weighted by atomic mass is 16.6. The summed E-state index contributed by atoms with van der Waals surface area (Å²) < 4.78 is 10.8. The highest BCUT2D eigenvalue weighted by molar-refractivity contribution is 5.74. The lowest BCUT2D eigenvalue weighted by atomic mass is 9.86. The molecule has 0 aromatic heterocycles. The van der Waals surface area contributed by atoms with Gasteiger partial charge in [-0.05, 0) is 18.9 Å². The molecule has 0 aliphatic heterocycles. The predicted molar refractivity (Wildman–Crippen MR) is 76.1 cm³/mol. The molecular formula is C16H24O3. The van der Waals surface area contributed by atoms with E-state index in [4.69, 9.17) is 9.47 Å². The Hall–Kier alpha value is -1.35. The van der Waals surface area contributed by atoms with Crippen molar-refractivity contribution < 1.29 is 14.3 Å². The van der Waals surface area contributed by atoms with Gasteiger partial charge in [-0.1, -0.05) is 51.1 Å². The third kappa shape index (κ3) is 4.67. The number of benzene rings is 1. The zero-order valence-corrected chi connectivity index (χ0v) is 12.3. The van der Waals surface area contributed by atoms with Crippen LogP contribution in [-0.2, 0) is 19.7 Å². The summed E-state index contributed by atoms with van der Waals surface area (Å²) in [6.45, 7) is 8.82. The van der Waals surface area contributed by atoms with Crippen LogP contribution in [-0.4, -0.2) is 25.3 Å². The fourth-order valence-electron chi connectivity index (χ4n) is 1.87. The summed E-state index contributed by atoms with van der Waals surface area (Å²) in [5, 5.41) is 0. The van der Waals surface area contributed by atoms with Crippen molar-refractivity contribution >= 4 is 5.97 Å². The minimum absolute atomic E-state index is 0.193. The molecule has 1 rings (SSSR count). The van der Waals surface area contributed by atoms with E-state index in [1.54, 1.807) is 0 Å². The Balaban J connectivity index is 2.58. The van der Waals surface area contributed by atoms with E-state index in [2.05, 4.69) is 13.8 Å². The third-order valence-corrected chi connectivity index (χ3v) is 3.13. The van der Waals surface area contributed by atoms with Crippen LogP contribution in [0.25, 0.3) is 0 Å². The van der Waals surface area contributed by atoms with Gasteiger partial charge in [-0.25, -0.2) is 4.79 Å². The Morgan fingerprint density at radius 1 is 1.21 bits per heavy atom. The van der Waals surface area contributed by atoms with Crippen LogP contribution < -0.4 is 0 Å². The monoisotopic (exact) mass is 264 g/mol. The first-order valence-corrected chi connectivity index (χ1v) is 6.85. The van der Waals surface area contributed by atoms with Gasteiger partial charge < -0.3 is 9.47 Å². The summed E-state index contributed by atoms with van der Waals surface area (Å²) in [5.41, 5.74) is 0.966. The number of carbonyl (C=O) groups excluding carboxylic acids is 1. The van der Waals surface area contributed by atoms with Crippen molar-refractivity contribution in [1.29, 1.82) is 0 Å². The largest absolute Gasteiger partial charge is 0.463 e. The SMILES string of the molecule is CCOC(CC)C(=O)OCC(C)(C)c1ccccc1. The molecule has 1 aromatic carbocycles. The first-order chi connectivity index (χ1) is 9.01. The summed E-state index contributed by atoms with van der Waals surface area (Å²) >= 11 is 0. The number of carbonyl (C=O) groups is 1. The van der Waals surface area contributed by atoms with Gasteiger partial charge in [0.15, 0.2) is 6.10 Å². The van der Waals surface area contributed by atoms with E-state index < -0.39 is 6.10 Å². The summed E-state index contributed by atoms with van der Waals surface area (Å²) in [5.74, 6) is -0.270. The first kappa shape index (κ1) is 15.7. The van der Waals surface area contributed by atoms with Gasteiger partial charge in [-0.15, -0.1) is 0 Å². The van der Waals surface area contributed by atoms with Crippen LogP contribution in [0.3, 0.4) is 0 Å². The molecule has 0 N–H and O–H groups in total. The second kappa shape index (κ2) is 7.29. The summed E-state index contributed by atoms with van der Waals surface area (Å²) in [7, 11) is 0. The van der Waals surface area contributed by atoms with Gasteiger partial charge in [0, 0.05) is 12.0 Å². The molecule has 3 nitrogen and oxygen atoms in total. The van der Waals surface area contributed by atoms with Gasteiger partial charge in [0.25, 0.3) is 0 Å². The van der Waals surface area contributed by atoms with Gasteiger partial charge in [0.05, 0.1) is 0 Å². The molecule has 0 amide bonds. The van der Waals surface area contributed by atoms with E-state index >= 15 is 0 Å². The van der Waals surface area contributed by atoms with Crippen molar-refractivity contribution in [3.05, 3.63) is 35.9 Å². The molecule has 1 unspecified atom stereocenters. The lowest BCUT2D eigenvalue weighted by Gasteiger charge is -2.25. The molecule has 1 atom stereocenters. The van der Waals surface area contributed by atoms with Gasteiger partial charge in [-0.3, -0.25) is 0 Å². The van der Waals surface area contributed by atoms with Crippen LogP contribution in [0.5, 0.6) is 0 Å². The van der Waals surface area contributed by atoms with Crippen molar-refractivity contribution in [3.63, 3.8) is 0 Å². The molecule has 3 heteroatoms. The van der Waals surface area contributed by atoms with E-state index in [1.165, 1.54) is 0 Å². The van der Waals surface area contributed by atoms with Gasteiger partial charge in [0.1, 0.15) is 6.61 Å². The second-order valence-corrected chi connectivity index (χ2v) is 5.21. The molecule has 0 bridgehead atoms. The maximum atomic E-state index is 11.9. The Kier molecular flexibility index (Phi) is 6.03. The number of hydrogen-bond donors (Lipinski definition) is 0. The van der Waals surface area contributed by atoms with Crippen molar-refractivity contribution in [2.75, 3.05) is 13.2 Å². The van der Waals surface area contributed by atoms with Crippen LogP contribution in [0, 0.1) is 0 Å². The topological polar surface area (TPSA) is 35.5 Å². The number of ether oxygens (including phenoxy) is 2. The zero-order chi connectivity index (χ0) is 14.3. The molecule has 0 saturated heterocycles. The second-order valence-electron chi connectivity index (χ2n) is 5.21. The van der Waals surface area contributed by atoms with E-state index in [-0.39, 0.29) is 11.4 Å². The summed E-state index contributed by atoms with van der Waals surface area (Å²) in [6.07, 6.45) is 0.190. The molecule has 19 heavy (non-hydrogen) atoms. The van der Waals surface area contributed by atoms with Crippen LogP contribution in [0.4, 0.5) is 0 Å². The molecule has 0 fully saturated rings. The van der Waals surface area contributed by atoms with Crippen molar-refractivity contribution in [1.82, 2.24) is 0 Å². The molecule has 0 saturated carbocycles. The normalized spacial score (nSPS) is 13.1. The fraction of sp³-hybridized carbons (Fsp3) is 0.562. The van der Waals surface area contributed by atoms with Gasteiger partial charge in [-0.2, -0.15) is 0 Å². The smallest absolute Gasteiger partial charge is 0.335 e. The minimum Gasteiger partial charge on any atom is -0.463 e. The van der Waals surface area contributed by atoms with Crippen LogP contribution in [0.2, 0.25) is 0 Å². The van der Waals surface area contributed by atoms with E-state index in [1.807, 2.05) is 44.2 Å². The predicted octanol–water partition coefficient (Wildman–Crippen LogP) is 3.32. The molecule has 0 radical (unpaired) electrons. The average molecular weight is 264 g/mol. The Morgan fingerprint density at radius 3 is 2.37 bits per heavy atom. The van der Waals surface area contributed by atoms with Gasteiger partial charge >= 0.3 is 5.97 Å². The van der Waals surface area contributed by atoms with Crippen LogP contribution in [0.15, 0.2) is 30.3 Å². The van der Waals surface area contributed by atoms with Crippen LogP contribution in [0.1, 0.15) is 39.7 Å². The maximum absolute atomic E-state index is 11.9. The van der Waals surface area contributed by atoms with E-state index in [0.29, 0.717) is 19.6 Å². The van der Waals surface area contributed by atoms with Crippen LogP contribution >= 0.6 is 0 Å². The first-order valence-electron chi connectivity index (χ1n) is 6.85. The molecule has 0 aliphatic rings. The number of esters is 1. The Morgan fingerprint density at radius 2 is 1.84 bits per heavy atom.